The lowest BCUT2D eigenvalue weighted by atomic mass is 9.86. The molecule has 12 heterocycles. The summed E-state index contributed by atoms with van der Waals surface area (Å²) in [5.41, 5.74) is 24.5. The second-order valence-electron chi connectivity index (χ2n) is 42.7. The normalized spacial score (nSPS) is 22.5. The highest BCUT2D eigenvalue weighted by Crippen LogP contribution is 2.60. The van der Waals surface area contributed by atoms with Crippen LogP contribution in [0, 0.1) is 107 Å². The van der Waals surface area contributed by atoms with E-state index in [1.807, 2.05) is 24.4 Å². The summed E-state index contributed by atoms with van der Waals surface area (Å²) in [6.45, 7) is 15.0. The largest absolute Gasteiger partial charge is 0.477 e. The molecule has 6 aromatic heterocycles. The van der Waals surface area contributed by atoms with E-state index in [4.69, 9.17) is 43.3 Å². The Balaban J connectivity index is 0.000000108. The summed E-state index contributed by atoms with van der Waals surface area (Å²) in [7, 11) is 1.76. The first-order valence-corrected chi connectivity index (χ1v) is 50.7. The molecule has 141 heavy (non-hydrogen) atoms. The van der Waals surface area contributed by atoms with Crippen LogP contribution >= 0.6 is 0 Å². The SMILES string of the molecule is C#CC1=C(N2CCC(C)(OC)CC2)c2ccncc2CC1=O.C#CC1=C(N2CCC3(CC2)CC3)c2cc(C(=O)O)ncc2CC1=O.C#CC1=C(N2CCC3(CC2)CC3)c2cc(C(O)C3CC3)ncc2CC1=O.C#CC1=C(N2CCC3(CC2)CC3)c2cc(C(O)CO)ncc2CC1=O.C#CC1=C(N2CCC3(CC2)CC3)c2cc(CC)ncc2CC1=O.C#CC1=C(N2CCC3(CC2)CC3)c2ccncc2CC1=O. The van der Waals surface area contributed by atoms with Gasteiger partial charge in [-0.05, 0) is 270 Å². The Morgan fingerprint density at radius 1 is 0.383 bits per heavy atom. The summed E-state index contributed by atoms with van der Waals surface area (Å²) in [6, 6.07) is 11.4. The zero-order chi connectivity index (χ0) is 98.6. The summed E-state index contributed by atoms with van der Waals surface area (Å²) in [4.78, 5) is 125. The number of likely N-dealkylation sites (tertiary alicyclic amines) is 6. The smallest absolute Gasteiger partial charge is 0.354 e. The van der Waals surface area contributed by atoms with Crippen LogP contribution in [0.25, 0.3) is 34.2 Å². The highest BCUT2D eigenvalue weighted by atomic mass is 16.5. The summed E-state index contributed by atoms with van der Waals surface area (Å²) < 4.78 is 5.60. The molecular weight excluding hydrogens is 1770 g/mol. The van der Waals surface area contributed by atoms with Crippen LogP contribution in [-0.2, 0) is 78.4 Å². The van der Waals surface area contributed by atoms with Gasteiger partial charge >= 0.3 is 5.97 Å². The van der Waals surface area contributed by atoms with Crippen LogP contribution in [0.3, 0.4) is 0 Å². The van der Waals surface area contributed by atoms with Gasteiger partial charge in [-0.15, -0.1) is 38.5 Å². The molecule has 5 spiro atoms. The summed E-state index contributed by atoms with van der Waals surface area (Å²) in [6.07, 6.45) is 78.2. The van der Waals surface area contributed by atoms with Crippen molar-refractivity contribution >= 4 is 74.9 Å². The van der Waals surface area contributed by atoms with Gasteiger partial charge in [0.05, 0.1) is 97.3 Å². The Bertz CT molecular complexity index is 6590. The highest BCUT2D eigenvalue weighted by molar-refractivity contribution is 6.14. The van der Waals surface area contributed by atoms with Gasteiger partial charge in [-0.2, -0.15) is 0 Å². The molecule has 6 saturated carbocycles. The number of nitrogens with zero attached hydrogens (tertiary/aromatic N) is 12. The molecule has 12 aliphatic carbocycles. The van der Waals surface area contributed by atoms with Gasteiger partial charge in [-0.1, -0.05) is 42.4 Å². The van der Waals surface area contributed by atoms with E-state index in [-0.39, 0.29) is 58.8 Å². The lowest BCUT2D eigenvalue weighted by molar-refractivity contribution is -0.115. The van der Waals surface area contributed by atoms with Crippen LogP contribution in [-0.4, -0.2) is 218 Å². The number of allylic oxidation sites excluding steroid dienone is 6. The molecule has 12 fully saturated rings. The summed E-state index contributed by atoms with van der Waals surface area (Å²) in [5.74, 6) is 15.0. The van der Waals surface area contributed by atoms with Crippen LogP contribution in [0.1, 0.15) is 274 Å². The van der Waals surface area contributed by atoms with Crippen molar-refractivity contribution < 1.29 is 58.7 Å². The number of hydrogen-bond acceptors (Lipinski definition) is 23. The van der Waals surface area contributed by atoms with Crippen molar-refractivity contribution in [3.63, 3.8) is 0 Å². The molecule has 2 atom stereocenters. The van der Waals surface area contributed by atoms with Crippen molar-refractivity contribution in [2.24, 2.45) is 33.0 Å². The molecule has 24 heteroatoms. The number of hydrogen-bond donors (Lipinski definition) is 4. The number of aryl methyl sites for hydroxylation is 1. The number of aromatic carboxylic acids is 1. The van der Waals surface area contributed by atoms with Gasteiger partial charge < -0.3 is 54.6 Å². The maximum absolute atomic E-state index is 12.6. The Labute approximate surface area is 827 Å². The number of aliphatic hydroxyl groups excluding tert-OH is 3. The second-order valence-corrected chi connectivity index (χ2v) is 42.7. The first-order valence-electron chi connectivity index (χ1n) is 50.7. The molecule has 24 nitrogen and oxygen atoms in total. The number of fused-ring (bicyclic) bond motifs is 6. The molecule has 6 aromatic rings. The fourth-order valence-electron chi connectivity index (χ4n) is 23.3. The third kappa shape index (κ3) is 19.8. The summed E-state index contributed by atoms with van der Waals surface area (Å²) in [5, 5.41) is 38.9. The summed E-state index contributed by atoms with van der Waals surface area (Å²) >= 11 is 0. The van der Waals surface area contributed by atoms with E-state index in [1.165, 1.54) is 109 Å². The van der Waals surface area contributed by atoms with E-state index in [1.54, 1.807) is 56.4 Å². The van der Waals surface area contributed by atoms with E-state index in [9.17, 15) is 54.0 Å². The number of carbonyl (C=O) groups is 7. The van der Waals surface area contributed by atoms with Crippen molar-refractivity contribution in [3.8, 4) is 74.1 Å². The topological polar surface area (TPSA) is 306 Å². The Morgan fingerprint density at radius 3 is 0.936 bits per heavy atom. The van der Waals surface area contributed by atoms with E-state index >= 15 is 0 Å². The lowest BCUT2D eigenvalue weighted by Gasteiger charge is -2.41. The number of aliphatic hydroxyl groups is 3. The molecule has 0 bridgehead atoms. The molecular formula is C117H124N12O12. The molecule has 0 amide bonds. The number of ketones is 6. The van der Waals surface area contributed by atoms with Crippen molar-refractivity contribution in [3.05, 3.63) is 209 Å². The number of rotatable bonds is 13. The second kappa shape index (κ2) is 39.4. The predicted molar refractivity (Wildman–Crippen MR) is 537 cm³/mol. The standard InChI is InChI=1S/C22H24N2O2.C20H22N2O3.C20H22N2O.C19H18N2O3.C18H20N2O2.C18H18N2O/c1-2-16-19(25)11-15-13-23-18(21(26)14-3-4-14)12-17(15)20(16)24-9-7-22(5-6-22)8-10-24;1-2-14-17(24)9-13-11-21-16(18(25)12-23)10-15(13)19(14)22-7-5-20(3-4-20)6-8-22;1-3-15-12-17-14(13-21-15)11-18(23)16(4-2)19(17)22-9-7-20(5-6-20)8-10-22;1-2-13-16(22)9-12-11-20-15(18(23)24)10-14(12)17(13)21-7-5-19(3-4-19)6-8-21;1-4-14-16(21)11-13-12-19-8-5-15(13)17(14)20-9-6-18(2,22-3)7-10-20;1-2-14-16(21)11-13-12-19-8-3-15(13)17(14)20-9-6-18(4-5-18)7-10-20/h1,12-14,21,26H,3-11H2;1,10-11,18,23,25H,3-9,12H2;2,12-13H,3,5-11H2,1H3;1,10-11H,3-9H2,(H,23,24);1,5,8,12H,6-7,9-11H2,2-3H3;1,3,8,12H,4-7,9-11H2. The minimum Gasteiger partial charge on any atom is -0.477 e. The number of carboxylic acids is 1. The molecule has 0 radical (unpaired) electrons. The van der Waals surface area contributed by atoms with Crippen molar-refractivity contribution in [1.82, 2.24) is 59.3 Å². The third-order valence-electron chi connectivity index (χ3n) is 34.0. The van der Waals surface area contributed by atoms with Crippen molar-refractivity contribution in [2.75, 3.05) is 92.3 Å². The minimum absolute atomic E-state index is 0.0121. The Morgan fingerprint density at radius 2 is 0.652 bits per heavy atom. The van der Waals surface area contributed by atoms with Gasteiger partial charge in [0.2, 0.25) is 0 Å². The first kappa shape index (κ1) is 96.7. The average molecular weight is 1890 g/mol. The fourth-order valence-corrected chi connectivity index (χ4v) is 23.3. The number of carboxylic acid groups (broad SMARTS) is 1. The van der Waals surface area contributed by atoms with Gasteiger partial charge in [0.15, 0.2) is 34.7 Å². The molecule has 4 N–H and O–H groups in total. The zero-order valence-corrected chi connectivity index (χ0v) is 81.3. The minimum atomic E-state index is -1.08. The maximum atomic E-state index is 12.6. The average Bonchev–Trinajstić information content (AvgIpc) is 1.69. The zero-order valence-electron chi connectivity index (χ0n) is 81.3. The van der Waals surface area contributed by atoms with Crippen LogP contribution < -0.4 is 0 Å². The number of pyridine rings is 6. The molecule has 24 rings (SSSR count). The molecule has 2 unspecified atom stereocenters. The van der Waals surface area contributed by atoms with Crippen molar-refractivity contribution in [1.29, 1.82) is 0 Å². The monoisotopic (exact) mass is 1890 g/mol. The van der Waals surface area contributed by atoms with Gasteiger partial charge in [0.25, 0.3) is 0 Å². The number of methoxy groups -OCH3 is 1. The number of carbonyl (C=O) groups excluding carboxylic acids is 6. The van der Waals surface area contributed by atoms with Gasteiger partial charge in [0.1, 0.15) is 11.8 Å². The van der Waals surface area contributed by atoms with Gasteiger partial charge in [-0.3, -0.25) is 53.7 Å². The van der Waals surface area contributed by atoms with Crippen molar-refractivity contribution in [2.45, 2.75) is 231 Å². The van der Waals surface area contributed by atoms with E-state index in [2.05, 4.69) is 115 Å². The van der Waals surface area contributed by atoms with Gasteiger partial charge in [0, 0.05) is 213 Å². The number of Topliss-reactive ketones (excluding diaryl/α,β-unsaturated/α-hetero) is 6. The lowest BCUT2D eigenvalue weighted by Crippen LogP contribution is -2.43. The molecule has 6 aliphatic heterocycles. The van der Waals surface area contributed by atoms with Crippen LogP contribution in [0.5, 0.6) is 0 Å². The Kier molecular flexibility index (Phi) is 27.0. The quantitative estimate of drug-likeness (QED) is 0.0781. The fraction of sp³-hybridized carbons (Fsp3) is 0.479. The van der Waals surface area contributed by atoms with Crippen LogP contribution in [0.15, 0.2) is 119 Å². The van der Waals surface area contributed by atoms with Crippen LogP contribution in [0.2, 0.25) is 0 Å². The third-order valence-corrected chi connectivity index (χ3v) is 34.0. The van der Waals surface area contributed by atoms with Gasteiger partial charge in [-0.25, -0.2) is 9.78 Å². The van der Waals surface area contributed by atoms with Crippen LogP contribution in [0.4, 0.5) is 0 Å². The highest BCUT2D eigenvalue weighted by Gasteiger charge is 2.52. The number of aromatic nitrogens is 6. The predicted octanol–water partition coefficient (Wildman–Crippen LogP) is 13.9. The first-order chi connectivity index (χ1) is 68.1. The number of ether oxygens (including phenoxy) is 1. The molecule has 724 valence electrons. The van der Waals surface area contributed by atoms with E-state index in [0.29, 0.717) is 104 Å². The number of terminal acetylenes is 6. The Hall–Kier alpha value is -13.2. The van der Waals surface area contributed by atoms with E-state index < -0.39 is 24.8 Å². The molecule has 0 aromatic carbocycles. The van der Waals surface area contributed by atoms with E-state index in [0.717, 1.165) is 243 Å². The molecule has 18 aliphatic rings. The maximum Gasteiger partial charge on any atom is 0.354 e. The molecule has 6 saturated heterocycles. The number of piperidine rings is 6.